The van der Waals surface area contributed by atoms with Crippen LogP contribution in [-0.2, 0) is 4.79 Å². The fourth-order valence-electron chi connectivity index (χ4n) is 3.58. The lowest BCUT2D eigenvalue weighted by molar-refractivity contribution is -0.116. The summed E-state index contributed by atoms with van der Waals surface area (Å²) in [5, 5.41) is 7.86. The van der Waals surface area contributed by atoms with E-state index >= 15 is 0 Å². The number of carbonyl (C=O) groups excluding carboxylic acids is 2. The van der Waals surface area contributed by atoms with Crippen LogP contribution in [0.3, 0.4) is 0 Å². The summed E-state index contributed by atoms with van der Waals surface area (Å²) in [6.45, 7) is 1.78. The van der Waals surface area contributed by atoms with Crippen molar-refractivity contribution >= 4 is 29.1 Å². The number of amides is 1. The molecule has 0 radical (unpaired) electrons. The van der Waals surface area contributed by atoms with Gasteiger partial charge < -0.3 is 10.1 Å². The summed E-state index contributed by atoms with van der Waals surface area (Å²) in [5.41, 5.74) is 2.19. The van der Waals surface area contributed by atoms with E-state index in [0.717, 1.165) is 0 Å². The van der Waals surface area contributed by atoms with Crippen LogP contribution in [0.2, 0.25) is 5.02 Å². The molecule has 3 aromatic rings. The zero-order valence-electron chi connectivity index (χ0n) is 15.7. The van der Waals surface area contributed by atoms with Crippen molar-refractivity contribution in [2.24, 2.45) is 0 Å². The Morgan fingerprint density at radius 3 is 2.83 bits per heavy atom. The predicted molar refractivity (Wildman–Crippen MR) is 107 cm³/mol. The molecule has 0 saturated heterocycles. The normalized spacial score (nSPS) is 15.6. The van der Waals surface area contributed by atoms with E-state index in [4.69, 9.17) is 16.3 Å². The highest BCUT2D eigenvalue weighted by molar-refractivity contribution is 6.30. The van der Waals surface area contributed by atoms with E-state index in [-0.39, 0.29) is 29.4 Å². The van der Waals surface area contributed by atoms with E-state index in [1.807, 2.05) is 0 Å². The Bertz CT molecular complexity index is 1140. The Balaban J connectivity index is 1.81. The number of anilines is 1. The second-order valence-electron chi connectivity index (χ2n) is 6.76. The Morgan fingerprint density at radius 1 is 1.31 bits per heavy atom. The van der Waals surface area contributed by atoms with Gasteiger partial charge in [-0.05, 0) is 43.3 Å². The summed E-state index contributed by atoms with van der Waals surface area (Å²) in [6, 6.07) is 11.0. The minimum Gasteiger partial charge on any atom is -0.494 e. The van der Waals surface area contributed by atoms with Gasteiger partial charge in [0.25, 0.3) is 0 Å². The van der Waals surface area contributed by atoms with Crippen LogP contribution in [0.25, 0.3) is 5.69 Å². The molecule has 0 unspecified atom stereocenters. The molecule has 1 aliphatic heterocycles. The summed E-state index contributed by atoms with van der Waals surface area (Å²) >= 11 is 6.09. The highest BCUT2D eigenvalue weighted by Gasteiger charge is 2.36. The molecule has 29 heavy (non-hydrogen) atoms. The van der Waals surface area contributed by atoms with Crippen molar-refractivity contribution in [1.29, 1.82) is 0 Å². The van der Waals surface area contributed by atoms with Gasteiger partial charge in [-0.2, -0.15) is 5.10 Å². The summed E-state index contributed by atoms with van der Waals surface area (Å²) in [6.07, 6.45) is -0.0202. The van der Waals surface area contributed by atoms with Crippen LogP contribution in [0, 0.1) is 12.7 Å². The van der Waals surface area contributed by atoms with Gasteiger partial charge in [-0.25, -0.2) is 9.07 Å². The molecule has 2 heterocycles. The van der Waals surface area contributed by atoms with Crippen LogP contribution in [0.15, 0.2) is 42.5 Å². The van der Waals surface area contributed by atoms with Crippen molar-refractivity contribution in [3.05, 3.63) is 70.1 Å². The first-order valence-electron chi connectivity index (χ1n) is 8.92. The molecule has 2 aromatic carbocycles. The van der Waals surface area contributed by atoms with E-state index in [0.29, 0.717) is 27.8 Å². The molecule has 0 bridgehead atoms. The van der Waals surface area contributed by atoms with E-state index in [1.54, 1.807) is 35.9 Å². The zero-order chi connectivity index (χ0) is 20.7. The number of aryl methyl sites for hydroxylation is 1. The van der Waals surface area contributed by atoms with Gasteiger partial charge >= 0.3 is 0 Å². The number of halogens is 2. The van der Waals surface area contributed by atoms with E-state index in [1.165, 1.54) is 25.3 Å². The first kappa shape index (κ1) is 19.1. The Labute approximate surface area is 171 Å². The van der Waals surface area contributed by atoms with Crippen molar-refractivity contribution in [2.45, 2.75) is 19.3 Å². The van der Waals surface area contributed by atoms with Gasteiger partial charge in [0.15, 0.2) is 17.3 Å². The third kappa shape index (κ3) is 3.38. The number of ketones is 1. The summed E-state index contributed by atoms with van der Waals surface area (Å²) in [5.74, 6) is -1.48. The van der Waals surface area contributed by atoms with E-state index in [9.17, 15) is 14.0 Å². The molecule has 148 valence electrons. The summed E-state index contributed by atoms with van der Waals surface area (Å²) in [4.78, 5) is 25.6. The average Bonchev–Trinajstić information content (AvgIpc) is 3.03. The fourth-order valence-corrected chi connectivity index (χ4v) is 3.76. The largest absolute Gasteiger partial charge is 0.494 e. The minimum absolute atomic E-state index is 0.0202. The smallest absolute Gasteiger partial charge is 0.226 e. The number of fused-ring (bicyclic) bond motifs is 1. The number of nitrogens with zero attached hydrogens (tertiary/aromatic N) is 2. The minimum atomic E-state index is -0.734. The third-order valence-electron chi connectivity index (χ3n) is 4.91. The lowest BCUT2D eigenvalue weighted by atomic mass is 9.85. The standard InChI is InChI=1S/C21H17ClFN3O3/c1-11-19-15(20(28)12-6-7-16(23)17(8-12)29-2)10-18(27)24-21(19)26(25-11)14-5-3-4-13(22)9-14/h3-9,15H,10H2,1-2H3,(H,24,27)/t15-/m0/s1. The molecule has 4 rings (SSSR count). The number of methoxy groups -OCH3 is 1. The van der Waals surface area contributed by atoms with Crippen LogP contribution >= 0.6 is 11.6 Å². The van der Waals surface area contributed by atoms with Crippen LogP contribution < -0.4 is 10.1 Å². The Morgan fingerprint density at radius 2 is 2.10 bits per heavy atom. The summed E-state index contributed by atoms with van der Waals surface area (Å²) in [7, 11) is 1.33. The molecular weight excluding hydrogens is 397 g/mol. The molecule has 1 atom stereocenters. The number of rotatable bonds is 4. The quantitative estimate of drug-likeness (QED) is 0.647. The number of benzene rings is 2. The molecule has 0 aliphatic carbocycles. The molecule has 0 saturated carbocycles. The Hall–Kier alpha value is -3.19. The first-order valence-corrected chi connectivity index (χ1v) is 9.30. The van der Waals surface area contributed by atoms with E-state index in [2.05, 4.69) is 10.4 Å². The second-order valence-corrected chi connectivity index (χ2v) is 7.19. The molecule has 8 heteroatoms. The molecule has 1 aromatic heterocycles. The predicted octanol–water partition coefficient (Wildman–Crippen LogP) is 4.29. The molecular formula is C21H17ClFN3O3. The van der Waals surface area contributed by atoms with Crippen molar-refractivity contribution in [3.63, 3.8) is 0 Å². The van der Waals surface area contributed by atoms with Gasteiger partial charge in [-0.1, -0.05) is 17.7 Å². The average molecular weight is 414 g/mol. The monoisotopic (exact) mass is 413 g/mol. The van der Waals surface area contributed by atoms with Gasteiger partial charge in [-0.15, -0.1) is 0 Å². The molecule has 0 spiro atoms. The number of hydrogen-bond donors (Lipinski definition) is 1. The molecule has 1 N–H and O–H groups in total. The van der Waals surface area contributed by atoms with Gasteiger partial charge in [0, 0.05) is 22.6 Å². The van der Waals surface area contributed by atoms with Crippen LogP contribution in [0.4, 0.5) is 10.2 Å². The fraction of sp³-hybridized carbons (Fsp3) is 0.190. The highest BCUT2D eigenvalue weighted by Crippen LogP contribution is 2.38. The topological polar surface area (TPSA) is 73.2 Å². The molecule has 1 amide bonds. The molecule has 6 nitrogen and oxygen atoms in total. The molecule has 0 fully saturated rings. The van der Waals surface area contributed by atoms with Gasteiger partial charge in [-0.3, -0.25) is 9.59 Å². The Kier molecular flexibility index (Phi) is 4.84. The maximum atomic E-state index is 13.7. The van der Waals surface area contributed by atoms with Crippen molar-refractivity contribution in [3.8, 4) is 11.4 Å². The second kappa shape index (κ2) is 7.33. The SMILES string of the molecule is COc1cc(C(=O)[C@H]2CC(=O)Nc3c2c(C)nn3-c2cccc(Cl)c2)ccc1F. The van der Waals surface area contributed by atoms with Crippen molar-refractivity contribution in [1.82, 2.24) is 9.78 Å². The van der Waals surface area contributed by atoms with E-state index < -0.39 is 11.7 Å². The maximum absolute atomic E-state index is 13.7. The number of ether oxygens (including phenoxy) is 1. The maximum Gasteiger partial charge on any atom is 0.226 e. The lowest BCUT2D eigenvalue weighted by Gasteiger charge is -2.23. The molecule has 1 aliphatic rings. The first-order chi connectivity index (χ1) is 13.9. The lowest BCUT2D eigenvalue weighted by Crippen LogP contribution is -2.28. The van der Waals surface area contributed by atoms with Crippen molar-refractivity contribution in [2.75, 3.05) is 12.4 Å². The zero-order valence-corrected chi connectivity index (χ0v) is 16.5. The van der Waals surface area contributed by atoms with Gasteiger partial charge in [0.2, 0.25) is 5.91 Å². The number of Topliss-reactive ketones (excluding diaryl/α,β-unsaturated/α-hetero) is 1. The van der Waals surface area contributed by atoms with Gasteiger partial charge in [0.05, 0.1) is 24.4 Å². The number of carbonyl (C=O) groups is 2. The van der Waals surface area contributed by atoms with Gasteiger partial charge in [0.1, 0.15) is 5.82 Å². The highest BCUT2D eigenvalue weighted by atomic mass is 35.5. The van der Waals surface area contributed by atoms with Crippen LogP contribution in [0.1, 0.15) is 34.0 Å². The number of aromatic nitrogens is 2. The van der Waals surface area contributed by atoms with Crippen LogP contribution in [-0.4, -0.2) is 28.6 Å². The number of nitrogens with one attached hydrogen (secondary N) is 1. The van der Waals surface area contributed by atoms with Crippen molar-refractivity contribution < 1.29 is 18.7 Å². The summed E-state index contributed by atoms with van der Waals surface area (Å²) < 4.78 is 20.3. The third-order valence-corrected chi connectivity index (χ3v) is 5.14. The number of hydrogen-bond acceptors (Lipinski definition) is 4. The van der Waals surface area contributed by atoms with Crippen LogP contribution in [0.5, 0.6) is 5.75 Å².